The van der Waals surface area contributed by atoms with Crippen molar-refractivity contribution in [1.29, 1.82) is 0 Å². The molecule has 5 rings (SSSR count). The summed E-state index contributed by atoms with van der Waals surface area (Å²) >= 11 is 0. The summed E-state index contributed by atoms with van der Waals surface area (Å²) in [6.45, 7) is 1.04. The minimum atomic E-state index is -3.06. The average Bonchev–Trinajstić information content (AvgIpc) is 3.36. The molecule has 0 spiro atoms. The highest BCUT2D eigenvalue weighted by Gasteiger charge is 2.19. The number of carbonyl (C=O) groups excluding carboxylic acids is 1. The van der Waals surface area contributed by atoms with Crippen LogP contribution < -0.4 is 15.0 Å². The molecule has 43 heavy (non-hydrogen) atoms. The topological polar surface area (TPSA) is 98.8 Å². The fourth-order valence-electron chi connectivity index (χ4n) is 4.95. The summed E-state index contributed by atoms with van der Waals surface area (Å²) in [5.74, 6) is 2.06. The number of likely N-dealkylation sites (N-methyl/N-ethyl adjacent to an activating group) is 1. The van der Waals surface area contributed by atoms with Crippen LogP contribution in [-0.2, 0) is 16.6 Å². The molecule has 12 heteroatoms. The SMILES string of the molecule is CC=C[N-]c1cc(Nc2nccc(-c3cn(C)c4ccccc34)n2)c(OC(F)F)cc1N(C)CCN1CCOCC1=C=O. The van der Waals surface area contributed by atoms with E-state index < -0.39 is 6.61 Å². The minimum Gasteiger partial charge on any atom is -0.663 e. The number of halogens is 2. The van der Waals surface area contributed by atoms with E-state index in [1.165, 1.54) is 6.07 Å². The Kier molecular flexibility index (Phi) is 9.19. The Morgan fingerprint density at radius 1 is 1.28 bits per heavy atom. The van der Waals surface area contributed by atoms with Crippen molar-refractivity contribution in [3.63, 3.8) is 0 Å². The van der Waals surface area contributed by atoms with Crippen LogP contribution in [0.5, 0.6) is 5.75 Å². The molecule has 0 saturated carbocycles. The number of para-hydroxylation sites is 1. The molecule has 4 aromatic rings. The third-order valence-electron chi connectivity index (χ3n) is 7.09. The van der Waals surface area contributed by atoms with E-state index in [0.717, 1.165) is 16.5 Å². The van der Waals surface area contributed by atoms with Crippen molar-refractivity contribution < 1.29 is 23.0 Å². The Labute approximate surface area is 248 Å². The summed E-state index contributed by atoms with van der Waals surface area (Å²) in [4.78, 5) is 24.1. The summed E-state index contributed by atoms with van der Waals surface area (Å²) in [6.07, 6.45) is 7.00. The highest BCUT2D eigenvalue weighted by Crippen LogP contribution is 2.42. The Bertz CT molecular complexity index is 1670. The van der Waals surface area contributed by atoms with Crippen molar-refractivity contribution in [2.45, 2.75) is 13.5 Å². The third-order valence-corrected chi connectivity index (χ3v) is 7.09. The Balaban J connectivity index is 1.46. The summed E-state index contributed by atoms with van der Waals surface area (Å²) in [7, 11) is 3.79. The van der Waals surface area contributed by atoms with Crippen molar-refractivity contribution in [2.24, 2.45) is 7.05 Å². The number of nitrogens with zero attached hydrogens (tertiary/aromatic N) is 6. The van der Waals surface area contributed by atoms with Gasteiger partial charge in [-0.2, -0.15) is 15.0 Å². The second-order valence-corrected chi connectivity index (χ2v) is 9.90. The molecule has 0 atom stereocenters. The van der Waals surface area contributed by atoms with Gasteiger partial charge in [-0.15, -0.1) is 11.8 Å². The van der Waals surface area contributed by atoms with Crippen LogP contribution in [0.25, 0.3) is 27.5 Å². The highest BCUT2D eigenvalue weighted by molar-refractivity contribution is 5.95. The number of allylic oxidation sites excluding steroid dienone is 1. The Morgan fingerprint density at radius 3 is 2.91 bits per heavy atom. The van der Waals surface area contributed by atoms with Crippen molar-refractivity contribution in [1.82, 2.24) is 19.4 Å². The van der Waals surface area contributed by atoms with Gasteiger partial charge in [-0.25, -0.2) is 14.8 Å². The first kappa shape index (κ1) is 29.6. The third kappa shape index (κ3) is 6.77. The van der Waals surface area contributed by atoms with Crippen LogP contribution in [0.4, 0.5) is 31.8 Å². The highest BCUT2D eigenvalue weighted by atomic mass is 19.3. The van der Waals surface area contributed by atoms with Crippen LogP contribution in [0.3, 0.4) is 0 Å². The number of anilines is 3. The van der Waals surface area contributed by atoms with Crippen LogP contribution in [0, 0.1) is 0 Å². The van der Waals surface area contributed by atoms with E-state index in [0.29, 0.717) is 49.0 Å². The number of alkyl halides is 2. The van der Waals surface area contributed by atoms with E-state index in [4.69, 9.17) is 9.47 Å². The Morgan fingerprint density at radius 2 is 2.12 bits per heavy atom. The molecular formula is C31H32F2N7O3-. The first-order valence-corrected chi connectivity index (χ1v) is 13.7. The van der Waals surface area contributed by atoms with Gasteiger partial charge in [-0.1, -0.05) is 18.2 Å². The van der Waals surface area contributed by atoms with Crippen LogP contribution in [-0.4, -0.2) is 71.9 Å². The fourth-order valence-corrected chi connectivity index (χ4v) is 4.95. The second kappa shape index (κ2) is 13.4. The molecule has 1 aliphatic rings. The van der Waals surface area contributed by atoms with Crippen molar-refractivity contribution in [2.75, 3.05) is 50.1 Å². The van der Waals surface area contributed by atoms with E-state index in [9.17, 15) is 13.6 Å². The monoisotopic (exact) mass is 588 g/mol. The molecular weight excluding hydrogens is 556 g/mol. The minimum absolute atomic E-state index is 0.0877. The van der Waals surface area contributed by atoms with E-state index in [2.05, 4.69) is 20.6 Å². The molecule has 1 fully saturated rings. The summed E-state index contributed by atoms with van der Waals surface area (Å²) < 4.78 is 39.5. The van der Waals surface area contributed by atoms with E-state index >= 15 is 0 Å². The lowest BCUT2D eigenvalue weighted by atomic mass is 10.1. The maximum atomic E-state index is 13.6. The molecule has 224 valence electrons. The average molecular weight is 589 g/mol. The molecule has 0 amide bonds. The van der Waals surface area contributed by atoms with Gasteiger partial charge in [-0.05, 0) is 25.1 Å². The van der Waals surface area contributed by atoms with Gasteiger partial charge in [0.1, 0.15) is 11.6 Å². The maximum absolute atomic E-state index is 13.6. The van der Waals surface area contributed by atoms with Crippen molar-refractivity contribution >= 4 is 39.9 Å². The number of nitrogens with one attached hydrogen (secondary N) is 1. The van der Waals surface area contributed by atoms with Crippen LogP contribution in [0.2, 0.25) is 0 Å². The molecule has 1 saturated heterocycles. The van der Waals surface area contributed by atoms with Gasteiger partial charge in [0.2, 0.25) is 5.95 Å². The zero-order chi connectivity index (χ0) is 30.3. The van der Waals surface area contributed by atoms with Crippen LogP contribution in [0.1, 0.15) is 6.92 Å². The molecule has 0 bridgehead atoms. The molecule has 0 aliphatic carbocycles. The van der Waals surface area contributed by atoms with Gasteiger partial charge in [0.25, 0.3) is 0 Å². The number of ether oxygens (including phenoxy) is 2. The van der Waals surface area contributed by atoms with Crippen molar-refractivity contribution in [3.8, 4) is 17.0 Å². The lowest BCUT2D eigenvalue weighted by Gasteiger charge is -2.34. The largest absolute Gasteiger partial charge is 0.663 e. The fraction of sp³-hybridized carbons (Fsp3) is 0.290. The van der Waals surface area contributed by atoms with Crippen LogP contribution >= 0.6 is 0 Å². The number of morpholine rings is 1. The van der Waals surface area contributed by atoms with Crippen LogP contribution in [0.15, 0.2) is 72.8 Å². The first-order chi connectivity index (χ1) is 20.9. The molecule has 0 unspecified atom stereocenters. The van der Waals surface area contributed by atoms with E-state index in [1.54, 1.807) is 30.6 Å². The summed E-state index contributed by atoms with van der Waals surface area (Å²) in [5, 5.41) is 8.64. The lowest BCUT2D eigenvalue weighted by Crippen LogP contribution is -2.39. The Hall–Kier alpha value is -4.93. The van der Waals surface area contributed by atoms with Gasteiger partial charge in [-0.3, -0.25) is 0 Å². The molecule has 2 aromatic carbocycles. The number of hydrogen-bond donors (Lipinski definition) is 1. The zero-order valence-corrected chi connectivity index (χ0v) is 24.1. The van der Waals surface area contributed by atoms with Gasteiger partial charge < -0.3 is 34.5 Å². The predicted octanol–water partition coefficient (Wildman–Crippen LogP) is 6.00. The summed E-state index contributed by atoms with van der Waals surface area (Å²) in [5.41, 5.74) is 4.41. The van der Waals surface area contributed by atoms with Crippen molar-refractivity contribution in [3.05, 3.63) is 78.1 Å². The standard InChI is InChI=1S/C31H32F2N7O3/c1-4-10-34-25-16-26(37-31-35-11-9-24(36-31)23-18-39(3)27-8-6-5-7-22(23)27)29(43-30(32)33)17-28(25)38(2)12-13-40-14-15-42-20-21(40)19-41/h4-11,16-18,30H,12-15,20H2,1-3H3,(H,35,36,37)/q-1. The smallest absolute Gasteiger partial charge is 0.387 e. The predicted molar refractivity (Wildman–Crippen MR) is 163 cm³/mol. The van der Waals surface area contributed by atoms with Gasteiger partial charge >= 0.3 is 6.61 Å². The molecule has 0 radical (unpaired) electrons. The van der Waals surface area contributed by atoms with Gasteiger partial charge in [0.15, 0.2) is 5.75 Å². The normalized spacial score (nSPS) is 13.5. The number of rotatable bonds is 11. The molecule has 3 heterocycles. The van der Waals surface area contributed by atoms with Gasteiger partial charge in [0.05, 0.1) is 24.6 Å². The van der Waals surface area contributed by atoms with E-state index in [-0.39, 0.29) is 24.0 Å². The number of hydrogen-bond acceptors (Lipinski definition) is 8. The van der Waals surface area contributed by atoms with E-state index in [1.807, 2.05) is 71.8 Å². The molecule has 2 aromatic heterocycles. The molecule has 1 N–H and O–H groups in total. The number of aryl methyl sites for hydroxylation is 1. The summed E-state index contributed by atoms with van der Waals surface area (Å²) in [6, 6.07) is 12.9. The number of benzene rings is 2. The zero-order valence-electron chi connectivity index (χ0n) is 24.1. The first-order valence-electron chi connectivity index (χ1n) is 13.7. The maximum Gasteiger partial charge on any atom is 0.387 e. The molecule has 1 aliphatic heterocycles. The number of aromatic nitrogens is 3. The second-order valence-electron chi connectivity index (χ2n) is 9.90. The number of fused-ring (bicyclic) bond motifs is 1. The quantitative estimate of drug-likeness (QED) is 0.213. The molecule has 10 nitrogen and oxygen atoms in total. The lowest BCUT2D eigenvalue weighted by molar-refractivity contribution is -0.0493. The van der Waals surface area contributed by atoms with Gasteiger partial charge in [0, 0.05) is 74.3 Å².